The number of hydrogen-bond acceptors (Lipinski definition) is 20. The zero-order chi connectivity index (χ0) is 73.0. The van der Waals surface area contributed by atoms with Gasteiger partial charge in [-0.25, -0.2) is 0 Å². The van der Waals surface area contributed by atoms with Gasteiger partial charge in [0.1, 0.15) is 0 Å². The summed E-state index contributed by atoms with van der Waals surface area (Å²) in [5, 5.41) is 35.6. The van der Waals surface area contributed by atoms with Crippen LogP contribution in [0.25, 0.3) is 0 Å². The number of methoxy groups -OCH3 is 3. The largest absolute Gasteiger partial charge is 0.382 e. The van der Waals surface area contributed by atoms with Crippen molar-refractivity contribution < 1.29 is 56.8 Å². The first kappa shape index (κ1) is 88.2. The average Bonchev–Trinajstić information content (AvgIpc) is 1.61. The van der Waals surface area contributed by atoms with Crippen molar-refractivity contribution in [2.75, 3.05) is 140 Å². The lowest BCUT2D eigenvalue weighted by Gasteiger charge is -2.43. The second-order valence-electron chi connectivity index (χ2n) is 33.8. The van der Waals surface area contributed by atoms with Crippen molar-refractivity contribution in [3.63, 3.8) is 0 Å². The van der Waals surface area contributed by atoms with Gasteiger partial charge in [0, 0.05) is 21.3 Å². The van der Waals surface area contributed by atoms with Gasteiger partial charge in [0.15, 0.2) is 0 Å². The van der Waals surface area contributed by atoms with Gasteiger partial charge in [-0.1, -0.05) is 206 Å². The Labute approximate surface area is 640 Å². The van der Waals surface area contributed by atoms with E-state index in [4.69, 9.17) is 56.8 Å². The average molecular weight is 1490 g/mol. The summed E-state index contributed by atoms with van der Waals surface area (Å²) in [5.41, 5.74) is 0. The Kier molecular flexibility index (Phi) is 45.4. The second-order valence-corrected chi connectivity index (χ2v) is 33.8. The summed E-state index contributed by atoms with van der Waals surface area (Å²) in [5.74, 6) is 5.18. The molecule has 21 atom stereocenters. The summed E-state index contributed by atoms with van der Waals surface area (Å²) in [6.07, 6.45) is 56.3. The Morgan fingerprint density at radius 2 is 0.410 bits per heavy atom. The maximum Gasteiger partial charge on any atom is 0.0704 e. The number of ether oxygens (including phenoxy) is 12. The number of hydrogen-bond donors (Lipinski definition) is 8. The standard InChI is InChI=1S/C85H162N8O12/c1-6-8-10-12-14-16-18-20-22-24-26-28-30-32-34-65-60-73-74(61-66(65)35-33-31-29-27-25-23-21-19-17-15-13-11-9-7-2)82-91-81(73)92-84-76-63-68(104-58-55-101-52-49-98-46-43-95-4)37-40-71(76)79(88-84)86-78-70-39-36-67(103-57-54-100-51-48-97-45-42-94-3)62-75(70)83(87-78)89-80-72-41-38-69(64-77(72)85(90-80)93-82)105-59-56-102-53-50-99-47-44-96-5/h65-93H,6-64H2,1-5H3. The van der Waals surface area contributed by atoms with Gasteiger partial charge in [-0.2, -0.15) is 0 Å². The summed E-state index contributed by atoms with van der Waals surface area (Å²) >= 11 is 0. The molecule has 21 unspecified atom stereocenters. The van der Waals surface area contributed by atoms with Crippen LogP contribution in [0.3, 0.4) is 0 Å². The molecule has 20 heteroatoms. The maximum atomic E-state index is 6.83. The van der Waals surface area contributed by atoms with Gasteiger partial charge in [-0.05, 0) is 130 Å². The zero-order valence-corrected chi connectivity index (χ0v) is 67.7. The minimum Gasteiger partial charge on any atom is -0.382 e. The molecule has 0 radical (unpaired) electrons. The smallest absolute Gasteiger partial charge is 0.0704 e. The van der Waals surface area contributed by atoms with Gasteiger partial charge < -0.3 is 56.8 Å². The van der Waals surface area contributed by atoms with Crippen LogP contribution in [-0.4, -0.2) is 208 Å². The molecule has 105 heavy (non-hydrogen) atoms. The van der Waals surface area contributed by atoms with Gasteiger partial charge >= 0.3 is 0 Å². The molecule has 0 spiro atoms. The van der Waals surface area contributed by atoms with Gasteiger partial charge in [0.25, 0.3) is 0 Å². The molecule has 5 saturated heterocycles. The van der Waals surface area contributed by atoms with Crippen molar-refractivity contribution in [3.8, 4) is 0 Å². The molecule has 4 saturated carbocycles. The van der Waals surface area contributed by atoms with E-state index in [0.717, 1.165) is 69.6 Å². The Balaban J connectivity index is 0.912. The molecule has 9 rings (SSSR count). The highest BCUT2D eigenvalue weighted by Crippen LogP contribution is 2.50. The van der Waals surface area contributed by atoms with E-state index < -0.39 is 0 Å². The van der Waals surface area contributed by atoms with Gasteiger partial charge in [-0.15, -0.1) is 0 Å². The summed E-state index contributed by atoms with van der Waals surface area (Å²) in [7, 11) is 5.13. The minimum atomic E-state index is 0.118. The SMILES string of the molecule is CCCCCCCCCCCCCCCCC1CC2C3NC4NC(NC5NC(NC6NC(NC(N3)C2CC1CCCCCCCCCCCCCCCC)C1CC(OCCOCCOCCOC)CCC61)C1CC(OCCOCCOCCOC)CCC51)C1CCC(OCCOCCOCCOC)CC41. The topological polar surface area (TPSA) is 207 Å². The molecule has 0 aromatic carbocycles. The molecule has 8 N–H and O–H groups in total. The fraction of sp³-hybridized carbons (Fsp3) is 1.00. The van der Waals surface area contributed by atoms with Crippen molar-refractivity contribution >= 4 is 0 Å². The monoisotopic (exact) mass is 1490 g/mol. The highest BCUT2D eigenvalue weighted by molar-refractivity contribution is 5.10. The number of rotatable bonds is 60. The molecule has 614 valence electrons. The van der Waals surface area contributed by atoms with E-state index in [1.54, 1.807) is 21.3 Å². The third kappa shape index (κ3) is 31.5. The molecule has 5 heterocycles. The Morgan fingerprint density at radius 1 is 0.210 bits per heavy atom. The first-order chi connectivity index (χ1) is 52.0. The van der Waals surface area contributed by atoms with Gasteiger partial charge in [-0.3, -0.25) is 42.5 Å². The minimum absolute atomic E-state index is 0.118. The first-order valence-corrected chi connectivity index (χ1v) is 44.8. The van der Waals surface area contributed by atoms with Gasteiger partial charge in [0.2, 0.25) is 0 Å². The highest BCUT2D eigenvalue weighted by Gasteiger charge is 2.57. The van der Waals surface area contributed by atoms with Crippen molar-refractivity contribution in [1.82, 2.24) is 42.5 Å². The molecular weight excluding hydrogens is 1320 g/mol. The number of unbranched alkanes of at least 4 members (excludes halogenated alkanes) is 26. The Hall–Kier alpha value is -0.800. The Morgan fingerprint density at radius 3 is 0.648 bits per heavy atom. The van der Waals surface area contributed by atoms with Crippen molar-refractivity contribution in [2.45, 2.75) is 345 Å². The van der Waals surface area contributed by atoms with E-state index in [-0.39, 0.29) is 67.6 Å². The number of nitrogens with one attached hydrogen (secondary N) is 8. The molecule has 9 fully saturated rings. The van der Waals surface area contributed by atoms with Crippen LogP contribution in [0, 0.1) is 59.2 Å². The molecule has 0 aromatic heterocycles. The van der Waals surface area contributed by atoms with Crippen LogP contribution in [0.15, 0.2) is 0 Å². The molecule has 9 aliphatic rings. The van der Waals surface area contributed by atoms with E-state index in [0.29, 0.717) is 166 Å². The molecule has 8 bridgehead atoms. The first-order valence-electron chi connectivity index (χ1n) is 44.8. The molecule has 0 amide bonds. The third-order valence-corrected chi connectivity index (χ3v) is 26.4. The molecule has 4 aliphatic carbocycles. The third-order valence-electron chi connectivity index (χ3n) is 26.4. The summed E-state index contributed by atoms with van der Waals surface area (Å²) in [4.78, 5) is 0. The van der Waals surface area contributed by atoms with Crippen LogP contribution in [0.4, 0.5) is 0 Å². The van der Waals surface area contributed by atoms with E-state index in [1.807, 2.05) is 0 Å². The molecule has 0 aromatic rings. The quantitative estimate of drug-likeness (QED) is 0.0267. The normalized spacial score (nSPS) is 32.9. The van der Waals surface area contributed by atoms with Gasteiger partial charge in [0.05, 0.1) is 187 Å². The van der Waals surface area contributed by atoms with E-state index in [9.17, 15) is 0 Å². The summed E-state index contributed by atoms with van der Waals surface area (Å²) in [6.45, 7) is 15.1. The van der Waals surface area contributed by atoms with Crippen LogP contribution >= 0.6 is 0 Å². The van der Waals surface area contributed by atoms with Crippen molar-refractivity contribution in [1.29, 1.82) is 0 Å². The zero-order valence-electron chi connectivity index (χ0n) is 67.7. The molecule has 5 aliphatic heterocycles. The van der Waals surface area contributed by atoms with Crippen LogP contribution < -0.4 is 42.5 Å². The Bertz CT molecular complexity index is 2120. The fourth-order valence-electron chi connectivity index (χ4n) is 20.6. The molecule has 20 nitrogen and oxygen atoms in total. The predicted octanol–water partition coefficient (Wildman–Crippen LogP) is 13.8. The molecular formula is C85H162N8O12. The summed E-state index contributed by atoms with van der Waals surface area (Å²) < 4.78 is 71.1. The second kappa shape index (κ2) is 54.1. The van der Waals surface area contributed by atoms with E-state index in [1.165, 1.54) is 205 Å². The highest BCUT2D eigenvalue weighted by atomic mass is 16.6. The van der Waals surface area contributed by atoms with Crippen LogP contribution in [0.2, 0.25) is 0 Å². The lowest BCUT2D eigenvalue weighted by molar-refractivity contribution is -0.0432. The van der Waals surface area contributed by atoms with Crippen LogP contribution in [-0.2, 0) is 56.8 Å². The fourth-order valence-corrected chi connectivity index (χ4v) is 20.6. The van der Waals surface area contributed by atoms with Crippen LogP contribution in [0.5, 0.6) is 0 Å². The lowest BCUT2D eigenvalue weighted by atomic mass is 9.65. The predicted molar refractivity (Wildman–Crippen MR) is 421 cm³/mol. The van der Waals surface area contributed by atoms with E-state index >= 15 is 0 Å². The van der Waals surface area contributed by atoms with Crippen LogP contribution in [0.1, 0.15) is 277 Å². The lowest BCUT2D eigenvalue weighted by Crippen LogP contribution is -2.61. The maximum absolute atomic E-state index is 6.83. The summed E-state index contributed by atoms with van der Waals surface area (Å²) in [6, 6.07) is 0. The van der Waals surface area contributed by atoms with Crippen molar-refractivity contribution in [2.24, 2.45) is 59.2 Å². The van der Waals surface area contributed by atoms with Crippen molar-refractivity contribution in [3.05, 3.63) is 0 Å². The number of fused-ring (bicyclic) bond motifs is 20. The van der Waals surface area contributed by atoms with E-state index in [2.05, 4.69) is 56.4 Å².